The van der Waals surface area contributed by atoms with Gasteiger partial charge in [0.1, 0.15) is 0 Å². The quantitative estimate of drug-likeness (QED) is 0.731. The fourth-order valence-electron chi connectivity index (χ4n) is 3.46. The second-order valence-corrected chi connectivity index (χ2v) is 7.28. The normalized spacial score (nSPS) is 29.6. The van der Waals surface area contributed by atoms with Crippen LogP contribution in [0.2, 0.25) is 0 Å². The number of nitrogens with two attached hydrogens (primary N) is 2. The van der Waals surface area contributed by atoms with E-state index >= 15 is 0 Å². The Bertz CT molecular complexity index is 600. The maximum Gasteiger partial charge on any atom is 0.238 e. The number of benzene rings is 1. The fraction of sp³-hybridized carbons (Fsp3) is 0.538. The molecule has 0 saturated heterocycles. The molecular formula is C13H19N3O2S. The van der Waals surface area contributed by atoms with Gasteiger partial charge in [-0.2, -0.15) is 0 Å². The molecule has 2 aliphatic rings. The molecular weight excluding hydrogens is 262 g/mol. The van der Waals surface area contributed by atoms with E-state index in [2.05, 4.69) is 5.32 Å². The highest BCUT2D eigenvalue weighted by Crippen LogP contribution is 2.45. The van der Waals surface area contributed by atoms with Crippen molar-refractivity contribution in [3.05, 3.63) is 18.2 Å². The van der Waals surface area contributed by atoms with Crippen molar-refractivity contribution in [3.8, 4) is 0 Å². The van der Waals surface area contributed by atoms with Crippen LogP contribution in [-0.4, -0.2) is 14.5 Å². The summed E-state index contributed by atoms with van der Waals surface area (Å²) in [5, 5.41) is 8.56. The fourth-order valence-corrected chi connectivity index (χ4v) is 4.00. The van der Waals surface area contributed by atoms with Gasteiger partial charge in [0.05, 0.1) is 16.3 Å². The second kappa shape index (κ2) is 4.38. The molecule has 5 N–H and O–H groups in total. The molecule has 0 spiro atoms. The number of hydrogen-bond donors (Lipinski definition) is 3. The van der Waals surface area contributed by atoms with Crippen LogP contribution in [0, 0.1) is 11.8 Å². The van der Waals surface area contributed by atoms with Gasteiger partial charge in [-0.15, -0.1) is 0 Å². The highest BCUT2D eigenvalue weighted by molar-refractivity contribution is 7.89. The number of fused-ring (bicyclic) bond motifs is 2. The van der Waals surface area contributed by atoms with E-state index in [4.69, 9.17) is 10.9 Å². The molecule has 2 aliphatic carbocycles. The molecule has 1 aromatic rings. The van der Waals surface area contributed by atoms with Crippen molar-refractivity contribution in [1.29, 1.82) is 0 Å². The van der Waals surface area contributed by atoms with Crippen LogP contribution in [-0.2, 0) is 10.0 Å². The first-order valence-electron chi connectivity index (χ1n) is 6.62. The van der Waals surface area contributed by atoms with Crippen LogP contribution in [0.25, 0.3) is 0 Å². The van der Waals surface area contributed by atoms with Crippen LogP contribution in [0.1, 0.15) is 25.7 Å². The Morgan fingerprint density at radius 1 is 1.21 bits per heavy atom. The number of sulfonamides is 1. The third-order valence-corrected chi connectivity index (χ3v) is 5.34. The van der Waals surface area contributed by atoms with Gasteiger partial charge in [0.15, 0.2) is 0 Å². The average Bonchev–Trinajstić information content (AvgIpc) is 2.92. The summed E-state index contributed by atoms with van der Waals surface area (Å²) in [5.41, 5.74) is 7.16. The zero-order valence-electron chi connectivity index (χ0n) is 10.7. The standard InChI is InChI=1S/C13H19N3O2S/c14-11-4-3-10(19(15,17)18)7-13(11)16-12-6-8-1-2-9(12)5-8/h3-4,7-9,12,16H,1-2,5-6,14H2,(H2,15,17,18). The minimum Gasteiger partial charge on any atom is -0.397 e. The monoisotopic (exact) mass is 281 g/mol. The predicted octanol–water partition coefficient (Wildman–Crippen LogP) is 1.52. The zero-order chi connectivity index (χ0) is 13.6. The summed E-state index contributed by atoms with van der Waals surface area (Å²) in [7, 11) is -3.68. The summed E-state index contributed by atoms with van der Waals surface area (Å²) in [6, 6.07) is 4.99. The van der Waals surface area contributed by atoms with Gasteiger partial charge in [0, 0.05) is 6.04 Å². The van der Waals surface area contributed by atoms with Crippen LogP contribution in [0.3, 0.4) is 0 Å². The van der Waals surface area contributed by atoms with Gasteiger partial charge in [0.25, 0.3) is 0 Å². The smallest absolute Gasteiger partial charge is 0.238 e. The number of nitrogens with one attached hydrogen (secondary N) is 1. The summed E-state index contributed by atoms with van der Waals surface area (Å²) in [5.74, 6) is 1.52. The van der Waals surface area contributed by atoms with Crippen molar-refractivity contribution < 1.29 is 8.42 Å². The topological polar surface area (TPSA) is 98.2 Å². The molecule has 5 nitrogen and oxygen atoms in total. The Morgan fingerprint density at radius 2 is 2.00 bits per heavy atom. The summed E-state index contributed by atoms with van der Waals surface area (Å²) in [4.78, 5) is 0.104. The van der Waals surface area contributed by atoms with E-state index in [0.717, 1.165) is 12.3 Å². The molecule has 3 unspecified atom stereocenters. The molecule has 1 aromatic carbocycles. The number of primary sulfonamides is 1. The van der Waals surface area contributed by atoms with Crippen molar-refractivity contribution in [3.63, 3.8) is 0 Å². The van der Waals surface area contributed by atoms with E-state index in [1.54, 1.807) is 6.07 Å². The molecule has 3 atom stereocenters. The highest BCUT2D eigenvalue weighted by Gasteiger charge is 2.39. The maximum atomic E-state index is 11.4. The SMILES string of the molecule is Nc1ccc(S(N)(=O)=O)cc1NC1CC2CCC1C2. The lowest BCUT2D eigenvalue weighted by atomic mass is 9.95. The summed E-state index contributed by atoms with van der Waals surface area (Å²) in [6.45, 7) is 0. The third-order valence-electron chi connectivity index (χ3n) is 4.43. The Balaban J connectivity index is 1.84. The van der Waals surface area contributed by atoms with Crippen LogP contribution in [0.4, 0.5) is 11.4 Å². The summed E-state index contributed by atoms with van der Waals surface area (Å²) < 4.78 is 22.7. The van der Waals surface area contributed by atoms with Crippen molar-refractivity contribution in [2.24, 2.45) is 17.0 Å². The molecule has 0 radical (unpaired) electrons. The van der Waals surface area contributed by atoms with E-state index in [1.165, 1.54) is 31.4 Å². The molecule has 0 heterocycles. The number of rotatable bonds is 3. The van der Waals surface area contributed by atoms with Gasteiger partial charge < -0.3 is 11.1 Å². The first kappa shape index (κ1) is 12.7. The minimum absolute atomic E-state index is 0.104. The van der Waals surface area contributed by atoms with Gasteiger partial charge >= 0.3 is 0 Å². The molecule has 2 fully saturated rings. The lowest BCUT2D eigenvalue weighted by Gasteiger charge is -2.25. The molecule has 0 aromatic heterocycles. The average molecular weight is 281 g/mol. The van der Waals surface area contributed by atoms with Crippen LogP contribution in [0.15, 0.2) is 23.1 Å². The highest BCUT2D eigenvalue weighted by atomic mass is 32.2. The van der Waals surface area contributed by atoms with Crippen LogP contribution in [0.5, 0.6) is 0 Å². The largest absolute Gasteiger partial charge is 0.397 e. The van der Waals surface area contributed by atoms with E-state index in [1.807, 2.05) is 0 Å². The molecule has 0 amide bonds. The predicted molar refractivity (Wildman–Crippen MR) is 75.1 cm³/mol. The van der Waals surface area contributed by atoms with E-state index in [9.17, 15) is 8.42 Å². The van der Waals surface area contributed by atoms with Gasteiger partial charge in [-0.05, 0) is 49.3 Å². The van der Waals surface area contributed by atoms with Gasteiger partial charge in [-0.1, -0.05) is 6.42 Å². The Labute approximate surface area is 113 Å². The van der Waals surface area contributed by atoms with Gasteiger partial charge in [-0.25, -0.2) is 13.6 Å². The van der Waals surface area contributed by atoms with E-state index in [0.29, 0.717) is 23.3 Å². The lowest BCUT2D eigenvalue weighted by molar-refractivity contribution is 0.440. The molecule has 0 aliphatic heterocycles. The van der Waals surface area contributed by atoms with Gasteiger partial charge in [-0.3, -0.25) is 0 Å². The zero-order valence-corrected chi connectivity index (χ0v) is 11.5. The minimum atomic E-state index is -3.68. The van der Waals surface area contributed by atoms with E-state index in [-0.39, 0.29) is 4.90 Å². The van der Waals surface area contributed by atoms with Crippen molar-refractivity contribution in [2.45, 2.75) is 36.6 Å². The second-order valence-electron chi connectivity index (χ2n) is 5.72. The summed E-state index contributed by atoms with van der Waals surface area (Å²) >= 11 is 0. The van der Waals surface area contributed by atoms with Crippen LogP contribution >= 0.6 is 0 Å². The Kier molecular flexibility index (Phi) is 2.94. The number of nitrogen functional groups attached to an aromatic ring is 1. The molecule has 2 saturated carbocycles. The molecule has 6 heteroatoms. The molecule has 3 rings (SSSR count). The van der Waals surface area contributed by atoms with Crippen LogP contribution < -0.4 is 16.2 Å². The van der Waals surface area contributed by atoms with Gasteiger partial charge in [0.2, 0.25) is 10.0 Å². The third kappa shape index (κ3) is 2.42. The Hall–Kier alpha value is -1.27. The maximum absolute atomic E-state index is 11.4. The summed E-state index contributed by atoms with van der Waals surface area (Å²) in [6.07, 6.45) is 5.03. The van der Waals surface area contributed by atoms with E-state index < -0.39 is 10.0 Å². The number of hydrogen-bond acceptors (Lipinski definition) is 4. The molecule has 19 heavy (non-hydrogen) atoms. The van der Waals surface area contributed by atoms with Crippen molar-refractivity contribution >= 4 is 21.4 Å². The molecule has 2 bridgehead atoms. The Morgan fingerprint density at radius 3 is 2.58 bits per heavy atom. The lowest BCUT2D eigenvalue weighted by Crippen LogP contribution is -2.26. The number of anilines is 2. The first-order valence-corrected chi connectivity index (χ1v) is 8.17. The van der Waals surface area contributed by atoms with Crippen molar-refractivity contribution in [2.75, 3.05) is 11.1 Å². The van der Waals surface area contributed by atoms with Crippen molar-refractivity contribution in [1.82, 2.24) is 0 Å². The first-order chi connectivity index (χ1) is 8.93. The molecule has 104 valence electrons.